The zero-order valence-electron chi connectivity index (χ0n) is 17.0. The predicted molar refractivity (Wildman–Crippen MR) is 109 cm³/mol. The highest BCUT2D eigenvalue weighted by molar-refractivity contribution is 5.81. The van der Waals surface area contributed by atoms with Crippen LogP contribution in [-0.2, 0) is 11.3 Å². The standard InChI is InChI=1S/C20H33N5O2/c1-21-20(23-15-16-8-5-9-17(14-16)27-4)22-11-7-13-25-12-6-10-18(25)19(26)24(2)3/h5,8-9,14,18H,6-7,10-13,15H2,1-4H3,(H2,21,22,23). The lowest BCUT2D eigenvalue weighted by Gasteiger charge is -2.26. The van der Waals surface area contributed by atoms with Gasteiger partial charge in [-0.15, -0.1) is 0 Å². The normalized spacial score (nSPS) is 17.6. The average molecular weight is 376 g/mol. The van der Waals surface area contributed by atoms with Gasteiger partial charge >= 0.3 is 0 Å². The number of benzene rings is 1. The maximum absolute atomic E-state index is 12.2. The molecule has 0 aliphatic carbocycles. The van der Waals surface area contributed by atoms with E-state index >= 15 is 0 Å². The number of hydrogen-bond acceptors (Lipinski definition) is 4. The van der Waals surface area contributed by atoms with Crippen LogP contribution < -0.4 is 15.4 Å². The first-order valence-corrected chi connectivity index (χ1v) is 9.57. The maximum Gasteiger partial charge on any atom is 0.239 e. The second kappa shape index (κ2) is 10.8. The van der Waals surface area contributed by atoms with E-state index in [2.05, 4.69) is 26.6 Å². The van der Waals surface area contributed by atoms with E-state index in [4.69, 9.17) is 4.74 Å². The van der Waals surface area contributed by atoms with Crippen molar-refractivity contribution in [2.75, 3.05) is 47.9 Å². The Hall–Kier alpha value is -2.28. The van der Waals surface area contributed by atoms with E-state index in [0.717, 1.165) is 56.2 Å². The molecule has 27 heavy (non-hydrogen) atoms. The third-order valence-corrected chi connectivity index (χ3v) is 4.82. The van der Waals surface area contributed by atoms with Crippen LogP contribution in [0.15, 0.2) is 29.3 Å². The van der Waals surface area contributed by atoms with Crippen molar-refractivity contribution in [3.63, 3.8) is 0 Å². The van der Waals surface area contributed by atoms with Gasteiger partial charge in [0.15, 0.2) is 5.96 Å². The molecule has 1 heterocycles. The van der Waals surface area contributed by atoms with Crippen LogP contribution in [0.2, 0.25) is 0 Å². The van der Waals surface area contributed by atoms with Gasteiger partial charge in [-0.3, -0.25) is 14.7 Å². The molecule has 150 valence electrons. The molecule has 1 fully saturated rings. The molecule has 1 aromatic rings. The molecule has 0 spiro atoms. The van der Waals surface area contributed by atoms with Gasteiger partial charge in [0.25, 0.3) is 0 Å². The van der Waals surface area contributed by atoms with Gasteiger partial charge in [0.05, 0.1) is 13.2 Å². The molecule has 7 heteroatoms. The largest absolute Gasteiger partial charge is 0.497 e. The molecular weight excluding hydrogens is 342 g/mol. The molecule has 1 unspecified atom stereocenters. The van der Waals surface area contributed by atoms with E-state index < -0.39 is 0 Å². The number of rotatable bonds is 8. The van der Waals surface area contributed by atoms with Crippen LogP contribution in [0.3, 0.4) is 0 Å². The van der Waals surface area contributed by atoms with Gasteiger partial charge < -0.3 is 20.3 Å². The first kappa shape index (κ1) is 21.0. The highest BCUT2D eigenvalue weighted by Gasteiger charge is 2.30. The maximum atomic E-state index is 12.2. The summed E-state index contributed by atoms with van der Waals surface area (Å²) in [5.41, 5.74) is 1.14. The second-order valence-corrected chi connectivity index (χ2v) is 6.98. The topological polar surface area (TPSA) is 69.2 Å². The Kier molecular flexibility index (Phi) is 8.39. The quantitative estimate of drug-likeness (QED) is 0.407. The van der Waals surface area contributed by atoms with E-state index in [9.17, 15) is 4.79 Å². The molecule has 1 aliphatic heterocycles. The number of amides is 1. The molecular formula is C20H33N5O2. The van der Waals surface area contributed by atoms with Crippen molar-refractivity contribution in [3.05, 3.63) is 29.8 Å². The third kappa shape index (κ3) is 6.43. The lowest BCUT2D eigenvalue weighted by atomic mass is 10.2. The van der Waals surface area contributed by atoms with Crippen LogP contribution in [0.5, 0.6) is 5.75 Å². The Bertz CT molecular complexity index is 633. The lowest BCUT2D eigenvalue weighted by Crippen LogP contribution is -2.44. The van der Waals surface area contributed by atoms with Crippen molar-refractivity contribution in [2.24, 2.45) is 4.99 Å². The Balaban J connectivity index is 1.71. The number of methoxy groups -OCH3 is 1. The average Bonchev–Trinajstić information content (AvgIpc) is 3.15. The highest BCUT2D eigenvalue weighted by atomic mass is 16.5. The van der Waals surface area contributed by atoms with Crippen molar-refractivity contribution < 1.29 is 9.53 Å². The van der Waals surface area contributed by atoms with Crippen LogP contribution in [0.1, 0.15) is 24.8 Å². The van der Waals surface area contributed by atoms with Gasteiger partial charge in [-0.1, -0.05) is 12.1 Å². The van der Waals surface area contributed by atoms with Gasteiger partial charge in [-0.2, -0.15) is 0 Å². The molecule has 1 saturated heterocycles. The van der Waals surface area contributed by atoms with Crippen molar-refractivity contribution in [1.29, 1.82) is 0 Å². The third-order valence-electron chi connectivity index (χ3n) is 4.82. The predicted octanol–water partition coefficient (Wildman–Crippen LogP) is 1.30. The van der Waals surface area contributed by atoms with Gasteiger partial charge in [0, 0.05) is 40.8 Å². The fourth-order valence-electron chi connectivity index (χ4n) is 3.35. The minimum Gasteiger partial charge on any atom is -0.497 e. The zero-order valence-corrected chi connectivity index (χ0v) is 17.0. The van der Waals surface area contributed by atoms with E-state index in [1.54, 1.807) is 19.1 Å². The summed E-state index contributed by atoms with van der Waals surface area (Å²) in [4.78, 5) is 20.5. The fraction of sp³-hybridized carbons (Fsp3) is 0.600. The monoisotopic (exact) mass is 375 g/mol. The van der Waals surface area contributed by atoms with Crippen LogP contribution in [0, 0.1) is 0 Å². The number of likely N-dealkylation sites (N-methyl/N-ethyl adjacent to an activating group) is 1. The Morgan fingerprint density at radius 1 is 1.37 bits per heavy atom. The number of ether oxygens (including phenoxy) is 1. The van der Waals surface area contributed by atoms with Crippen LogP contribution in [0.4, 0.5) is 0 Å². The molecule has 0 aromatic heterocycles. The number of hydrogen-bond donors (Lipinski definition) is 2. The Morgan fingerprint density at radius 3 is 2.89 bits per heavy atom. The zero-order chi connectivity index (χ0) is 19.6. The van der Waals surface area contributed by atoms with Crippen LogP contribution in [-0.4, -0.2) is 75.6 Å². The molecule has 1 atom stereocenters. The number of likely N-dealkylation sites (tertiary alicyclic amines) is 1. The van der Waals surface area contributed by atoms with Crippen LogP contribution >= 0.6 is 0 Å². The molecule has 1 aromatic carbocycles. The van der Waals surface area contributed by atoms with Gasteiger partial charge in [0.2, 0.25) is 5.91 Å². The Labute approximate surface area is 162 Å². The molecule has 1 amide bonds. The minimum atomic E-state index is 0.0468. The van der Waals surface area contributed by atoms with Gasteiger partial charge in [-0.05, 0) is 43.5 Å². The van der Waals surface area contributed by atoms with E-state index in [1.165, 1.54) is 0 Å². The number of guanidine groups is 1. The highest BCUT2D eigenvalue weighted by Crippen LogP contribution is 2.18. The second-order valence-electron chi connectivity index (χ2n) is 6.98. The number of nitrogens with one attached hydrogen (secondary N) is 2. The minimum absolute atomic E-state index is 0.0468. The molecule has 2 N–H and O–H groups in total. The van der Waals surface area contributed by atoms with E-state index in [0.29, 0.717) is 6.54 Å². The summed E-state index contributed by atoms with van der Waals surface area (Å²) >= 11 is 0. The summed E-state index contributed by atoms with van der Waals surface area (Å²) in [6.07, 6.45) is 3.03. The van der Waals surface area contributed by atoms with E-state index in [1.807, 2.05) is 32.3 Å². The lowest BCUT2D eigenvalue weighted by molar-refractivity contribution is -0.133. The molecule has 0 radical (unpaired) electrons. The molecule has 0 saturated carbocycles. The smallest absolute Gasteiger partial charge is 0.239 e. The van der Waals surface area contributed by atoms with Crippen molar-refractivity contribution in [2.45, 2.75) is 31.8 Å². The summed E-state index contributed by atoms with van der Waals surface area (Å²) < 4.78 is 5.25. The molecule has 1 aliphatic rings. The van der Waals surface area contributed by atoms with Gasteiger partial charge in [-0.25, -0.2) is 0 Å². The first-order chi connectivity index (χ1) is 13.0. The summed E-state index contributed by atoms with van der Waals surface area (Å²) in [6.45, 7) is 3.43. The fourth-order valence-corrected chi connectivity index (χ4v) is 3.35. The summed E-state index contributed by atoms with van der Waals surface area (Å²) in [6, 6.07) is 8.02. The van der Waals surface area contributed by atoms with Crippen molar-refractivity contribution in [3.8, 4) is 5.75 Å². The number of aliphatic imine (C=N–C) groups is 1. The number of carbonyl (C=O) groups excluding carboxylic acids is 1. The molecule has 0 bridgehead atoms. The summed E-state index contributed by atoms with van der Waals surface area (Å²) in [7, 11) is 7.11. The first-order valence-electron chi connectivity index (χ1n) is 9.57. The van der Waals surface area contributed by atoms with Gasteiger partial charge in [0.1, 0.15) is 5.75 Å². The van der Waals surface area contributed by atoms with E-state index in [-0.39, 0.29) is 11.9 Å². The SMILES string of the molecule is CN=C(NCCCN1CCCC1C(=O)N(C)C)NCc1cccc(OC)c1. The summed E-state index contributed by atoms with van der Waals surface area (Å²) in [5.74, 6) is 1.85. The molecule has 2 rings (SSSR count). The van der Waals surface area contributed by atoms with Crippen LogP contribution in [0.25, 0.3) is 0 Å². The Morgan fingerprint density at radius 2 is 2.19 bits per heavy atom. The number of carbonyl (C=O) groups is 1. The summed E-state index contributed by atoms with van der Waals surface area (Å²) in [5, 5.41) is 6.66. The van der Waals surface area contributed by atoms with Crippen molar-refractivity contribution in [1.82, 2.24) is 20.4 Å². The van der Waals surface area contributed by atoms with Crippen molar-refractivity contribution >= 4 is 11.9 Å². The molecule has 7 nitrogen and oxygen atoms in total. The number of nitrogens with zero attached hydrogens (tertiary/aromatic N) is 3.